The molecule has 1 aliphatic heterocycles. The van der Waals surface area contributed by atoms with E-state index in [4.69, 9.17) is 0 Å². The number of hydrogen-bond acceptors (Lipinski definition) is 3. The fraction of sp³-hybridized carbons (Fsp3) is 0.391. The Labute approximate surface area is 182 Å². The van der Waals surface area contributed by atoms with Gasteiger partial charge >= 0.3 is 0 Å². The molecule has 7 heteroatoms. The predicted molar refractivity (Wildman–Crippen MR) is 124 cm³/mol. The van der Waals surface area contributed by atoms with Gasteiger partial charge in [-0.3, -0.25) is 0 Å². The fourth-order valence-corrected chi connectivity index (χ4v) is 5.84. The van der Waals surface area contributed by atoms with Crippen LogP contribution in [-0.2, 0) is 21.0 Å². The van der Waals surface area contributed by atoms with E-state index >= 15 is 0 Å². The molecule has 0 radical (unpaired) electrons. The predicted octanol–water partition coefficient (Wildman–Crippen LogP) is 3.75. The van der Waals surface area contributed by atoms with E-state index < -0.39 is 25.8 Å². The van der Waals surface area contributed by atoms with Crippen molar-refractivity contribution in [3.8, 4) is 0 Å². The zero-order valence-corrected chi connectivity index (χ0v) is 19.6. The van der Waals surface area contributed by atoms with Gasteiger partial charge in [-0.05, 0) is 51.0 Å². The Kier molecular flexibility index (Phi) is 6.67. The summed E-state index contributed by atoms with van der Waals surface area (Å²) in [6.07, 6.45) is 0. The van der Waals surface area contributed by atoms with Crippen LogP contribution < -0.4 is 4.72 Å². The van der Waals surface area contributed by atoms with E-state index in [1.54, 1.807) is 24.3 Å². The van der Waals surface area contributed by atoms with Crippen LogP contribution in [0.25, 0.3) is 5.57 Å². The minimum Gasteiger partial charge on any atom is -0.242 e. The molecule has 0 saturated carbocycles. The lowest BCUT2D eigenvalue weighted by molar-refractivity contribution is 0.467. The van der Waals surface area contributed by atoms with E-state index in [-0.39, 0.29) is 23.4 Å². The van der Waals surface area contributed by atoms with Gasteiger partial charge < -0.3 is 0 Å². The van der Waals surface area contributed by atoms with Crippen LogP contribution in [0.5, 0.6) is 0 Å². The largest absolute Gasteiger partial charge is 0.243 e. The van der Waals surface area contributed by atoms with Crippen LogP contribution in [-0.4, -0.2) is 40.8 Å². The van der Waals surface area contributed by atoms with Gasteiger partial charge in [0.05, 0.1) is 20.6 Å². The monoisotopic (exact) mass is 446 g/mol. The Bertz CT molecular complexity index is 1030. The van der Waals surface area contributed by atoms with Crippen LogP contribution in [0.3, 0.4) is 0 Å². The van der Waals surface area contributed by atoms with Crippen LogP contribution in [0.1, 0.15) is 31.9 Å². The smallest absolute Gasteiger partial charge is 0.242 e. The van der Waals surface area contributed by atoms with E-state index in [0.29, 0.717) is 6.54 Å². The molecule has 2 aromatic rings. The highest BCUT2D eigenvalue weighted by Gasteiger charge is 2.42. The average molecular weight is 447 g/mol. The number of nitrogens with one attached hydrogen (secondary N) is 1. The van der Waals surface area contributed by atoms with Crippen molar-refractivity contribution in [1.82, 2.24) is 9.03 Å². The van der Waals surface area contributed by atoms with Crippen molar-refractivity contribution in [2.75, 3.05) is 13.1 Å². The molecule has 0 amide bonds. The molecule has 2 aromatic carbocycles. The van der Waals surface area contributed by atoms with Crippen molar-refractivity contribution < 1.29 is 12.6 Å². The van der Waals surface area contributed by atoms with Crippen LogP contribution in [0.15, 0.2) is 66.1 Å². The van der Waals surface area contributed by atoms with Gasteiger partial charge in [0.25, 0.3) is 0 Å². The summed E-state index contributed by atoms with van der Waals surface area (Å²) < 4.78 is 43.5. The molecule has 1 saturated heterocycles. The zero-order chi connectivity index (χ0) is 22.1. The minimum atomic E-state index is -3.66. The van der Waals surface area contributed by atoms with Gasteiger partial charge in [0, 0.05) is 25.0 Å². The van der Waals surface area contributed by atoms with Crippen LogP contribution in [0.4, 0.5) is 0 Å². The molecule has 1 unspecified atom stereocenters. The van der Waals surface area contributed by atoms with Crippen molar-refractivity contribution >= 4 is 26.6 Å². The third-order valence-corrected chi connectivity index (χ3v) is 8.83. The summed E-state index contributed by atoms with van der Waals surface area (Å²) in [6, 6.07) is 16.3. The van der Waals surface area contributed by atoms with Crippen LogP contribution in [0, 0.1) is 12.8 Å². The molecule has 162 valence electrons. The summed E-state index contributed by atoms with van der Waals surface area (Å²) >= 11 is 0. The maximum absolute atomic E-state index is 13.3. The maximum atomic E-state index is 13.3. The van der Waals surface area contributed by atoms with Gasteiger partial charge in [-0.1, -0.05) is 54.6 Å². The Morgan fingerprint density at radius 3 is 2.23 bits per heavy atom. The number of hydrogen-bond donors (Lipinski definition) is 1. The van der Waals surface area contributed by atoms with Crippen molar-refractivity contribution in [2.24, 2.45) is 5.92 Å². The van der Waals surface area contributed by atoms with Gasteiger partial charge in [-0.2, -0.15) is 4.31 Å². The average Bonchev–Trinajstić information content (AvgIpc) is 3.12. The quantitative estimate of drug-likeness (QED) is 0.735. The van der Waals surface area contributed by atoms with Gasteiger partial charge in [-0.25, -0.2) is 17.3 Å². The number of benzene rings is 2. The first-order valence-corrected chi connectivity index (χ1v) is 12.6. The number of aryl methyl sites for hydroxylation is 1. The Morgan fingerprint density at radius 2 is 1.67 bits per heavy atom. The molecule has 1 N–H and O–H groups in total. The van der Waals surface area contributed by atoms with Crippen molar-refractivity contribution in [2.45, 2.75) is 43.4 Å². The molecule has 1 heterocycles. The Morgan fingerprint density at radius 1 is 1.07 bits per heavy atom. The molecule has 3 atom stereocenters. The second-order valence-electron chi connectivity index (χ2n) is 8.74. The van der Waals surface area contributed by atoms with Gasteiger partial charge in [0.2, 0.25) is 10.0 Å². The molecule has 0 spiro atoms. The van der Waals surface area contributed by atoms with Crippen molar-refractivity contribution in [3.05, 3.63) is 72.3 Å². The lowest BCUT2D eigenvalue weighted by Crippen LogP contribution is -2.44. The highest BCUT2D eigenvalue weighted by molar-refractivity contribution is 7.89. The summed E-state index contributed by atoms with van der Waals surface area (Å²) in [4.78, 5) is 0.273. The minimum absolute atomic E-state index is 0.182. The SMILES string of the molecule is C=C(c1ccccc1)[C@H]1CN(S(=O)(=O)c2ccc(C)cc2)C[C@H]1NS(=O)C(C)(C)C. The molecule has 0 bridgehead atoms. The first-order valence-electron chi connectivity index (χ1n) is 9.99. The lowest BCUT2D eigenvalue weighted by Gasteiger charge is -2.26. The van der Waals surface area contributed by atoms with Gasteiger partial charge in [0.1, 0.15) is 0 Å². The third kappa shape index (κ3) is 4.91. The zero-order valence-electron chi connectivity index (χ0n) is 18.0. The Balaban J connectivity index is 1.92. The van der Waals surface area contributed by atoms with Crippen LogP contribution >= 0.6 is 0 Å². The van der Waals surface area contributed by atoms with E-state index in [1.807, 2.05) is 58.0 Å². The molecule has 1 fully saturated rings. The number of sulfonamides is 1. The molecule has 30 heavy (non-hydrogen) atoms. The van der Waals surface area contributed by atoms with Gasteiger partial charge in [-0.15, -0.1) is 0 Å². The van der Waals surface area contributed by atoms with E-state index in [9.17, 15) is 12.6 Å². The summed E-state index contributed by atoms with van der Waals surface area (Å²) in [6.45, 7) is 12.4. The summed E-state index contributed by atoms with van der Waals surface area (Å²) in [7, 11) is -4.98. The van der Waals surface area contributed by atoms with Crippen molar-refractivity contribution in [3.63, 3.8) is 0 Å². The normalized spacial score (nSPS) is 21.5. The first-order chi connectivity index (χ1) is 14.0. The molecule has 5 nitrogen and oxygen atoms in total. The van der Waals surface area contributed by atoms with Crippen molar-refractivity contribution in [1.29, 1.82) is 0 Å². The maximum Gasteiger partial charge on any atom is 0.243 e. The molecule has 0 aliphatic carbocycles. The third-order valence-electron chi connectivity index (χ3n) is 5.35. The van der Waals surface area contributed by atoms with Crippen LogP contribution in [0.2, 0.25) is 0 Å². The molecule has 3 rings (SSSR count). The highest BCUT2D eigenvalue weighted by atomic mass is 32.2. The number of nitrogens with zero attached hydrogens (tertiary/aromatic N) is 1. The summed E-state index contributed by atoms with van der Waals surface area (Å²) in [5, 5.41) is 0. The van der Waals surface area contributed by atoms with E-state index in [0.717, 1.165) is 16.7 Å². The lowest BCUT2D eigenvalue weighted by atomic mass is 9.90. The second kappa shape index (κ2) is 8.75. The molecule has 1 aliphatic rings. The highest BCUT2D eigenvalue weighted by Crippen LogP contribution is 2.34. The second-order valence-corrected chi connectivity index (χ2v) is 12.7. The molecule has 0 aromatic heterocycles. The molecular formula is C23H30N2O3S2. The standard InChI is InChI=1S/C23H30N2O3S2/c1-17-11-13-20(14-12-17)30(27,28)25-15-21(18(2)19-9-7-6-8-10-19)22(16-25)24-29(26)23(3,4)5/h6-14,21-22,24H,2,15-16H2,1,3-5H3/t21-,22-,29?/m1/s1. The summed E-state index contributed by atoms with van der Waals surface area (Å²) in [5.74, 6) is -0.182. The number of rotatable bonds is 6. The molecular weight excluding hydrogens is 416 g/mol. The summed E-state index contributed by atoms with van der Waals surface area (Å²) in [5.41, 5.74) is 2.82. The van der Waals surface area contributed by atoms with E-state index in [2.05, 4.69) is 11.3 Å². The Hall–Kier alpha value is -1.80. The topological polar surface area (TPSA) is 66.5 Å². The van der Waals surface area contributed by atoms with E-state index in [1.165, 1.54) is 4.31 Å². The first kappa shape index (κ1) is 22.9. The van der Waals surface area contributed by atoms with Gasteiger partial charge in [0.15, 0.2) is 0 Å². The fourth-order valence-electron chi connectivity index (χ4n) is 3.48.